The van der Waals surface area contributed by atoms with Gasteiger partial charge in [-0.3, -0.25) is 4.79 Å². The Bertz CT molecular complexity index is 637. The summed E-state index contributed by atoms with van der Waals surface area (Å²) < 4.78 is 0. The van der Waals surface area contributed by atoms with E-state index in [1.54, 1.807) is 0 Å². The molecule has 3 heteroatoms. The minimum atomic E-state index is -0.241. The Balaban J connectivity index is 2.12. The van der Waals surface area contributed by atoms with Crippen molar-refractivity contribution in [3.63, 3.8) is 0 Å². The lowest BCUT2D eigenvalue weighted by molar-refractivity contribution is -0.119. The molecular weight excluding hydrogens is 296 g/mol. The highest BCUT2D eigenvalue weighted by molar-refractivity contribution is 5.85. The number of unbranched alkanes of at least 4 members (excludes halogenated alkanes) is 1. The first-order valence-corrected chi connectivity index (χ1v) is 8.76. The van der Waals surface area contributed by atoms with Crippen LogP contribution in [0, 0.1) is 0 Å². The van der Waals surface area contributed by atoms with E-state index in [0.29, 0.717) is 6.04 Å². The van der Waals surface area contributed by atoms with Crippen LogP contribution in [0.15, 0.2) is 54.6 Å². The largest absolute Gasteiger partial charge is 0.369 e. The zero-order valence-electron chi connectivity index (χ0n) is 14.7. The maximum atomic E-state index is 12.1. The smallest absolute Gasteiger partial charge is 0.224 e. The number of hydrogen-bond donors (Lipinski definition) is 2. The van der Waals surface area contributed by atoms with Crippen LogP contribution < -0.4 is 11.1 Å². The van der Waals surface area contributed by atoms with Crippen LogP contribution in [0.3, 0.4) is 0 Å². The minimum absolute atomic E-state index is 0.236. The van der Waals surface area contributed by atoms with Gasteiger partial charge in [0.25, 0.3) is 0 Å². The van der Waals surface area contributed by atoms with E-state index in [-0.39, 0.29) is 11.8 Å². The molecule has 0 aliphatic carbocycles. The molecule has 3 nitrogen and oxygen atoms in total. The van der Waals surface area contributed by atoms with Gasteiger partial charge in [0.1, 0.15) is 0 Å². The van der Waals surface area contributed by atoms with Gasteiger partial charge in [-0.15, -0.1) is 0 Å². The van der Waals surface area contributed by atoms with Gasteiger partial charge >= 0.3 is 0 Å². The highest BCUT2D eigenvalue weighted by Gasteiger charge is 2.20. The van der Waals surface area contributed by atoms with E-state index >= 15 is 0 Å². The third kappa shape index (κ3) is 5.20. The third-order valence-corrected chi connectivity index (χ3v) is 4.24. The van der Waals surface area contributed by atoms with Crippen molar-refractivity contribution in [2.24, 2.45) is 5.73 Å². The first-order valence-electron chi connectivity index (χ1n) is 8.76. The SMILES string of the molecule is CC(C)NCCCCC(C(N)=O)c1ccccc1-c1ccccc1. The fourth-order valence-electron chi connectivity index (χ4n) is 3.00. The molecule has 0 saturated heterocycles. The summed E-state index contributed by atoms with van der Waals surface area (Å²) in [5.74, 6) is -0.476. The fraction of sp³-hybridized carbons (Fsp3) is 0.381. The molecule has 24 heavy (non-hydrogen) atoms. The zero-order valence-corrected chi connectivity index (χ0v) is 14.7. The van der Waals surface area contributed by atoms with E-state index in [9.17, 15) is 4.79 Å². The molecule has 2 aromatic rings. The predicted molar refractivity (Wildman–Crippen MR) is 101 cm³/mol. The number of amides is 1. The van der Waals surface area contributed by atoms with Crippen molar-refractivity contribution < 1.29 is 4.79 Å². The Morgan fingerprint density at radius 1 is 1.00 bits per heavy atom. The van der Waals surface area contributed by atoms with Gasteiger partial charge in [0.2, 0.25) is 5.91 Å². The fourth-order valence-corrected chi connectivity index (χ4v) is 3.00. The van der Waals surface area contributed by atoms with E-state index in [2.05, 4.69) is 37.4 Å². The van der Waals surface area contributed by atoms with E-state index in [4.69, 9.17) is 5.73 Å². The highest BCUT2D eigenvalue weighted by Crippen LogP contribution is 2.31. The van der Waals surface area contributed by atoms with E-state index in [1.807, 2.05) is 36.4 Å². The van der Waals surface area contributed by atoms with Gasteiger partial charge in [0.05, 0.1) is 5.92 Å². The molecule has 0 saturated carbocycles. The molecule has 3 N–H and O–H groups in total. The Morgan fingerprint density at radius 2 is 1.67 bits per heavy atom. The van der Waals surface area contributed by atoms with Gasteiger partial charge in [-0.2, -0.15) is 0 Å². The number of primary amides is 1. The highest BCUT2D eigenvalue weighted by atomic mass is 16.1. The molecule has 0 spiro atoms. The molecule has 2 rings (SSSR count). The van der Waals surface area contributed by atoms with Crippen LogP contribution in [-0.4, -0.2) is 18.5 Å². The average Bonchev–Trinajstić information content (AvgIpc) is 2.58. The molecule has 0 radical (unpaired) electrons. The van der Waals surface area contributed by atoms with Crippen LogP contribution in [-0.2, 0) is 4.79 Å². The van der Waals surface area contributed by atoms with Gasteiger partial charge in [0, 0.05) is 6.04 Å². The van der Waals surface area contributed by atoms with Gasteiger partial charge < -0.3 is 11.1 Å². The average molecular weight is 324 g/mol. The van der Waals surface area contributed by atoms with Gasteiger partial charge in [-0.1, -0.05) is 74.9 Å². The molecule has 0 aliphatic heterocycles. The summed E-state index contributed by atoms with van der Waals surface area (Å²) >= 11 is 0. The van der Waals surface area contributed by atoms with Crippen LogP contribution in [0.2, 0.25) is 0 Å². The molecule has 0 fully saturated rings. The topological polar surface area (TPSA) is 55.1 Å². The van der Waals surface area contributed by atoms with Gasteiger partial charge in [-0.05, 0) is 36.1 Å². The molecule has 1 unspecified atom stereocenters. The summed E-state index contributed by atoms with van der Waals surface area (Å²) in [5, 5.41) is 3.41. The molecule has 2 aromatic carbocycles. The van der Waals surface area contributed by atoms with Crippen molar-refractivity contribution in [2.45, 2.75) is 45.1 Å². The molecule has 0 bridgehead atoms. The van der Waals surface area contributed by atoms with Gasteiger partial charge in [0.15, 0.2) is 0 Å². The molecule has 0 heterocycles. The zero-order chi connectivity index (χ0) is 17.4. The minimum Gasteiger partial charge on any atom is -0.369 e. The number of hydrogen-bond acceptors (Lipinski definition) is 2. The van der Waals surface area contributed by atoms with Crippen LogP contribution in [0.25, 0.3) is 11.1 Å². The standard InChI is InChI=1S/C21H28N2O/c1-16(2)23-15-9-8-14-20(21(22)24)19-13-7-6-12-18(19)17-10-4-3-5-11-17/h3-7,10-13,16,20,23H,8-9,14-15H2,1-2H3,(H2,22,24). The Labute approximate surface area is 145 Å². The summed E-state index contributed by atoms with van der Waals surface area (Å²) in [4.78, 5) is 12.1. The third-order valence-electron chi connectivity index (χ3n) is 4.24. The lowest BCUT2D eigenvalue weighted by Crippen LogP contribution is -2.25. The van der Waals surface area contributed by atoms with Crippen LogP contribution in [0.1, 0.15) is 44.6 Å². The molecule has 1 atom stereocenters. The maximum absolute atomic E-state index is 12.1. The van der Waals surface area contributed by atoms with Gasteiger partial charge in [-0.25, -0.2) is 0 Å². The number of benzene rings is 2. The van der Waals surface area contributed by atoms with Crippen molar-refractivity contribution >= 4 is 5.91 Å². The quantitative estimate of drug-likeness (QED) is 0.683. The molecule has 0 aromatic heterocycles. The summed E-state index contributed by atoms with van der Waals surface area (Å²) in [6.45, 7) is 5.26. The molecule has 0 aliphatic rings. The Kier molecular flexibility index (Phi) is 7.01. The first-order chi connectivity index (χ1) is 11.6. The van der Waals surface area contributed by atoms with Crippen LogP contribution in [0.4, 0.5) is 0 Å². The van der Waals surface area contributed by atoms with Crippen molar-refractivity contribution in [3.8, 4) is 11.1 Å². The second-order valence-corrected chi connectivity index (χ2v) is 6.51. The van der Waals surface area contributed by atoms with Crippen molar-refractivity contribution in [3.05, 3.63) is 60.2 Å². The second-order valence-electron chi connectivity index (χ2n) is 6.51. The summed E-state index contributed by atoms with van der Waals surface area (Å²) in [6, 6.07) is 18.8. The number of carbonyl (C=O) groups excluding carboxylic acids is 1. The summed E-state index contributed by atoms with van der Waals surface area (Å²) in [5.41, 5.74) is 8.98. The number of nitrogens with one attached hydrogen (secondary N) is 1. The normalized spacial score (nSPS) is 12.3. The predicted octanol–water partition coefficient (Wildman–Crippen LogP) is 4.09. The number of carbonyl (C=O) groups is 1. The van der Waals surface area contributed by atoms with E-state index < -0.39 is 0 Å². The van der Waals surface area contributed by atoms with Crippen LogP contribution >= 0.6 is 0 Å². The maximum Gasteiger partial charge on any atom is 0.224 e. The van der Waals surface area contributed by atoms with E-state index in [0.717, 1.165) is 42.5 Å². The molecular formula is C21H28N2O. The number of rotatable bonds is 9. The number of nitrogens with two attached hydrogens (primary N) is 1. The Morgan fingerprint density at radius 3 is 2.33 bits per heavy atom. The second kappa shape index (κ2) is 9.24. The lowest BCUT2D eigenvalue weighted by atomic mass is 9.87. The molecule has 1 amide bonds. The monoisotopic (exact) mass is 324 g/mol. The van der Waals surface area contributed by atoms with Crippen molar-refractivity contribution in [1.82, 2.24) is 5.32 Å². The lowest BCUT2D eigenvalue weighted by Gasteiger charge is -2.18. The summed E-state index contributed by atoms with van der Waals surface area (Å²) in [7, 11) is 0. The van der Waals surface area contributed by atoms with Crippen molar-refractivity contribution in [2.75, 3.05) is 6.54 Å². The molecule has 128 valence electrons. The first kappa shape index (κ1) is 18.2. The van der Waals surface area contributed by atoms with E-state index in [1.165, 1.54) is 0 Å². The van der Waals surface area contributed by atoms with Crippen molar-refractivity contribution in [1.29, 1.82) is 0 Å². The Hall–Kier alpha value is -2.13. The summed E-state index contributed by atoms with van der Waals surface area (Å²) in [6.07, 6.45) is 2.82. The van der Waals surface area contributed by atoms with Crippen LogP contribution in [0.5, 0.6) is 0 Å².